The van der Waals surface area contributed by atoms with E-state index >= 15 is 0 Å². The quantitative estimate of drug-likeness (QED) is 0.655. The van der Waals surface area contributed by atoms with Crippen molar-refractivity contribution < 1.29 is 19.1 Å². The molecular formula is C19H20N2O4. The average Bonchev–Trinajstić information content (AvgIpc) is 3.27. The van der Waals surface area contributed by atoms with Crippen molar-refractivity contribution in [1.82, 2.24) is 4.90 Å². The Morgan fingerprint density at radius 3 is 2.44 bits per heavy atom. The summed E-state index contributed by atoms with van der Waals surface area (Å²) in [6.45, 7) is 2.10. The van der Waals surface area contributed by atoms with Crippen LogP contribution >= 0.6 is 0 Å². The highest BCUT2D eigenvalue weighted by Crippen LogP contribution is 2.52. The molecule has 3 aliphatic rings. The number of hydrogen-bond acceptors (Lipinski definition) is 4. The predicted octanol–water partition coefficient (Wildman–Crippen LogP) is 1.83. The Kier molecular flexibility index (Phi) is 3.82. The molecule has 3 amide bonds. The fraction of sp³-hybridized carbons (Fsp3) is 0.421. The molecule has 6 nitrogen and oxygen atoms in total. The third kappa shape index (κ3) is 2.52. The first-order valence-corrected chi connectivity index (χ1v) is 8.65. The van der Waals surface area contributed by atoms with Gasteiger partial charge in [-0.05, 0) is 37.3 Å². The van der Waals surface area contributed by atoms with Crippen LogP contribution in [0.2, 0.25) is 0 Å². The summed E-state index contributed by atoms with van der Waals surface area (Å²) < 4.78 is 5.48. The molecule has 4 atom stereocenters. The van der Waals surface area contributed by atoms with Gasteiger partial charge in [-0.15, -0.1) is 0 Å². The zero-order chi connectivity index (χ0) is 17.6. The minimum absolute atomic E-state index is 0.151. The zero-order valence-corrected chi connectivity index (χ0v) is 14.0. The Bertz CT molecular complexity index is 742. The first kappa shape index (κ1) is 15.9. The molecule has 1 N–H and O–H groups in total. The number of anilines is 1. The second-order valence-electron chi connectivity index (χ2n) is 6.74. The molecular weight excluding hydrogens is 320 g/mol. The van der Waals surface area contributed by atoms with Crippen LogP contribution in [0.4, 0.5) is 5.69 Å². The van der Waals surface area contributed by atoms with E-state index in [1.54, 1.807) is 18.2 Å². The smallest absolute Gasteiger partial charge is 0.244 e. The van der Waals surface area contributed by atoms with Crippen molar-refractivity contribution in [1.29, 1.82) is 0 Å². The number of carbonyl (C=O) groups is 3. The van der Waals surface area contributed by atoms with E-state index in [0.717, 1.165) is 11.3 Å². The molecule has 1 heterocycles. The molecule has 1 aromatic carbocycles. The minimum atomic E-state index is -0.394. The monoisotopic (exact) mass is 340 g/mol. The molecule has 0 radical (unpaired) electrons. The van der Waals surface area contributed by atoms with E-state index in [4.69, 9.17) is 4.74 Å². The van der Waals surface area contributed by atoms with Gasteiger partial charge in [0.05, 0.1) is 24.1 Å². The summed E-state index contributed by atoms with van der Waals surface area (Å²) in [5, 5.41) is 2.74. The van der Waals surface area contributed by atoms with Gasteiger partial charge in [0.1, 0.15) is 12.3 Å². The number of nitrogens with one attached hydrogen (secondary N) is 1. The van der Waals surface area contributed by atoms with Gasteiger partial charge in [-0.25, -0.2) is 0 Å². The van der Waals surface area contributed by atoms with Crippen LogP contribution in [0.1, 0.15) is 13.3 Å². The van der Waals surface area contributed by atoms with E-state index in [-0.39, 0.29) is 42.0 Å². The second kappa shape index (κ2) is 6.02. The lowest BCUT2D eigenvalue weighted by Gasteiger charge is -2.17. The molecule has 1 saturated heterocycles. The Morgan fingerprint density at radius 2 is 1.80 bits per heavy atom. The second-order valence-corrected chi connectivity index (χ2v) is 6.74. The van der Waals surface area contributed by atoms with Gasteiger partial charge >= 0.3 is 0 Å². The number of imide groups is 1. The molecule has 1 saturated carbocycles. The van der Waals surface area contributed by atoms with E-state index in [0.29, 0.717) is 18.0 Å². The van der Waals surface area contributed by atoms with Crippen LogP contribution in [0.5, 0.6) is 5.75 Å². The summed E-state index contributed by atoms with van der Waals surface area (Å²) in [7, 11) is 0. The van der Waals surface area contributed by atoms with Crippen molar-refractivity contribution in [3.8, 4) is 5.75 Å². The normalized spacial score (nSPS) is 29.2. The van der Waals surface area contributed by atoms with Crippen LogP contribution < -0.4 is 10.1 Å². The number of rotatable bonds is 5. The fourth-order valence-corrected chi connectivity index (χ4v) is 4.30. The largest absolute Gasteiger partial charge is 0.492 e. The van der Waals surface area contributed by atoms with Gasteiger partial charge in [-0.1, -0.05) is 24.3 Å². The predicted molar refractivity (Wildman–Crippen MR) is 90.7 cm³/mol. The lowest BCUT2D eigenvalue weighted by atomic mass is 9.85. The molecule has 1 aromatic rings. The molecule has 4 rings (SSSR count). The number of fused-ring (bicyclic) bond motifs is 5. The van der Waals surface area contributed by atoms with Crippen LogP contribution in [0.15, 0.2) is 36.4 Å². The summed E-state index contributed by atoms with van der Waals surface area (Å²) in [6, 6.07) is 7.10. The lowest BCUT2D eigenvalue weighted by Crippen LogP contribution is -2.39. The maximum absolute atomic E-state index is 12.6. The topological polar surface area (TPSA) is 75.7 Å². The molecule has 0 spiro atoms. The Morgan fingerprint density at radius 1 is 1.16 bits per heavy atom. The average molecular weight is 340 g/mol. The zero-order valence-electron chi connectivity index (χ0n) is 14.0. The number of hydrogen-bond donors (Lipinski definition) is 1. The molecule has 2 bridgehead atoms. The standard InChI is InChI=1S/C19H20N2O4/c1-2-25-14-6-4-3-5-13(14)20-15(22)10-21-18(23)16-11-7-8-12(9-11)17(16)19(21)24/h3-8,11-12,16-17H,2,9-10H2,1H3,(H,20,22)/t11-,12-,16+,17+/m0/s1. The van der Waals surface area contributed by atoms with Crippen molar-refractivity contribution in [2.24, 2.45) is 23.7 Å². The summed E-state index contributed by atoms with van der Waals surface area (Å²) in [4.78, 5) is 38.7. The first-order chi connectivity index (χ1) is 12.1. The SMILES string of the molecule is CCOc1ccccc1NC(=O)CN1C(=O)[C@H]2[C@H](C1=O)[C@H]1C=C[C@H]2C1. The summed E-state index contributed by atoms with van der Waals surface area (Å²) in [5.41, 5.74) is 0.537. The van der Waals surface area contributed by atoms with Gasteiger partial charge in [-0.2, -0.15) is 0 Å². The Balaban J connectivity index is 1.46. The third-order valence-corrected chi connectivity index (χ3v) is 5.32. The van der Waals surface area contributed by atoms with Crippen molar-refractivity contribution in [2.75, 3.05) is 18.5 Å². The van der Waals surface area contributed by atoms with Gasteiger partial charge in [0.25, 0.3) is 0 Å². The molecule has 6 heteroatoms. The van der Waals surface area contributed by atoms with E-state index < -0.39 is 5.91 Å². The molecule has 1 aliphatic heterocycles. The maximum Gasteiger partial charge on any atom is 0.244 e. The van der Waals surface area contributed by atoms with E-state index in [1.165, 1.54) is 0 Å². The van der Waals surface area contributed by atoms with Gasteiger partial charge < -0.3 is 10.1 Å². The number of allylic oxidation sites excluding steroid dienone is 2. The molecule has 25 heavy (non-hydrogen) atoms. The van der Waals surface area contributed by atoms with Gasteiger partial charge in [0, 0.05) is 0 Å². The van der Waals surface area contributed by atoms with Gasteiger partial charge in [0.15, 0.2) is 0 Å². The summed E-state index contributed by atoms with van der Waals surface area (Å²) in [6.07, 6.45) is 4.96. The molecule has 2 fully saturated rings. The molecule has 0 unspecified atom stereocenters. The number of amides is 3. The third-order valence-electron chi connectivity index (χ3n) is 5.32. The Hall–Kier alpha value is -2.63. The molecule has 0 aromatic heterocycles. The lowest BCUT2D eigenvalue weighted by molar-refractivity contribution is -0.143. The van der Waals surface area contributed by atoms with Crippen molar-refractivity contribution in [3.63, 3.8) is 0 Å². The highest BCUT2D eigenvalue weighted by molar-refractivity contribution is 6.09. The number of benzene rings is 1. The fourth-order valence-electron chi connectivity index (χ4n) is 4.30. The van der Waals surface area contributed by atoms with Gasteiger partial charge in [-0.3, -0.25) is 19.3 Å². The van der Waals surface area contributed by atoms with E-state index in [2.05, 4.69) is 5.32 Å². The summed E-state index contributed by atoms with van der Waals surface area (Å²) >= 11 is 0. The van der Waals surface area contributed by atoms with Crippen LogP contribution in [0, 0.1) is 23.7 Å². The van der Waals surface area contributed by atoms with Crippen LogP contribution in [0.3, 0.4) is 0 Å². The van der Waals surface area contributed by atoms with E-state index in [9.17, 15) is 14.4 Å². The van der Waals surface area contributed by atoms with Crippen molar-refractivity contribution in [3.05, 3.63) is 36.4 Å². The van der Waals surface area contributed by atoms with Crippen molar-refractivity contribution >= 4 is 23.4 Å². The first-order valence-electron chi connectivity index (χ1n) is 8.65. The van der Waals surface area contributed by atoms with Crippen LogP contribution in [0.25, 0.3) is 0 Å². The van der Waals surface area contributed by atoms with Crippen LogP contribution in [-0.4, -0.2) is 35.8 Å². The highest BCUT2D eigenvalue weighted by Gasteiger charge is 2.59. The summed E-state index contributed by atoms with van der Waals surface area (Å²) in [5.74, 6) is -0.487. The number of para-hydroxylation sites is 2. The number of carbonyl (C=O) groups excluding carboxylic acids is 3. The molecule has 130 valence electrons. The minimum Gasteiger partial charge on any atom is -0.492 e. The van der Waals surface area contributed by atoms with Crippen LogP contribution in [-0.2, 0) is 14.4 Å². The molecule has 2 aliphatic carbocycles. The van der Waals surface area contributed by atoms with E-state index in [1.807, 2.05) is 25.1 Å². The number of likely N-dealkylation sites (tertiary alicyclic amines) is 1. The van der Waals surface area contributed by atoms with Gasteiger partial charge in [0.2, 0.25) is 17.7 Å². The number of ether oxygens (including phenoxy) is 1. The number of nitrogens with zero attached hydrogens (tertiary/aromatic N) is 1. The highest BCUT2D eigenvalue weighted by atomic mass is 16.5. The maximum atomic E-state index is 12.6. The Labute approximate surface area is 145 Å². The van der Waals surface area contributed by atoms with Crippen molar-refractivity contribution in [2.45, 2.75) is 13.3 Å².